The molecule has 0 bridgehead atoms. The number of halogens is 3. The Bertz CT molecular complexity index is 688. The van der Waals surface area contributed by atoms with Gasteiger partial charge in [-0.1, -0.05) is 29.6 Å². The third kappa shape index (κ3) is 2.29. The second kappa shape index (κ2) is 5.68. The third-order valence-corrected chi connectivity index (χ3v) is 5.50. The van der Waals surface area contributed by atoms with Crippen molar-refractivity contribution in [2.45, 2.75) is 32.1 Å². The molecule has 0 saturated heterocycles. The molecule has 0 atom stereocenters. The number of nitrogens with one attached hydrogen (secondary N) is 1. The lowest BCUT2D eigenvalue weighted by molar-refractivity contribution is 0.709. The van der Waals surface area contributed by atoms with Gasteiger partial charge in [0.2, 0.25) is 0 Å². The molecule has 3 rings (SSSR count). The highest BCUT2D eigenvalue weighted by molar-refractivity contribution is 9.10. The van der Waals surface area contributed by atoms with Gasteiger partial charge in [0.15, 0.2) is 0 Å². The van der Waals surface area contributed by atoms with Gasteiger partial charge in [-0.05, 0) is 53.2 Å². The van der Waals surface area contributed by atoms with Gasteiger partial charge in [0.1, 0.15) is 0 Å². The maximum atomic E-state index is 6.35. The molecule has 0 fully saturated rings. The predicted molar refractivity (Wildman–Crippen MR) is 88.5 cm³/mol. The van der Waals surface area contributed by atoms with Gasteiger partial charge in [-0.2, -0.15) is 0 Å². The van der Waals surface area contributed by atoms with E-state index in [0.717, 1.165) is 46.9 Å². The minimum atomic E-state index is 0.472. The number of nitrogens with zero attached hydrogens (tertiary/aromatic N) is 1. The van der Waals surface area contributed by atoms with E-state index in [9.17, 15) is 0 Å². The minimum Gasteiger partial charge on any atom is -0.323 e. The summed E-state index contributed by atoms with van der Waals surface area (Å²) < 4.78 is 0.753. The van der Waals surface area contributed by atoms with E-state index >= 15 is 0 Å². The molecule has 0 amide bonds. The van der Waals surface area contributed by atoms with Gasteiger partial charge in [0.05, 0.1) is 21.2 Å². The first-order valence-corrected chi connectivity index (χ1v) is 8.14. The van der Waals surface area contributed by atoms with Crippen molar-refractivity contribution in [2.24, 2.45) is 5.84 Å². The molecule has 1 aromatic carbocycles. The van der Waals surface area contributed by atoms with E-state index in [2.05, 4.69) is 21.4 Å². The molecule has 0 spiro atoms. The van der Waals surface area contributed by atoms with E-state index in [1.165, 1.54) is 12.0 Å². The number of nitrogens with two attached hydrogens (primary N) is 1. The van der Waals surface area contributed by atoms with Gasteiger partial charge in [-0.25, -0.2) is 0 Å². The second-order valence-electron chi connectivity index (χ2n) is 5.00. The van der Waals surface area contributed by atoms with E-state index in [1.54, 1.807) is 0 Å². The Balaban J connectivity index is 2.39. The topological polar surface area (TPSA) is 50.9 Å². The van der Waals surface area contributed by atoms with E-state index < -0.39 is 0 Å². The number of fused-ring (bicyclic) bond motifs is 2. The number of benzene rings is 1. The zero-order chi connectivity index (χ0) is 14.3. The maximum Gasteiger partial charge on any atom is 0.0928 e. The van der Waals surface area contributed by atoms with Crippen LogP contribution in [-0.4, -0.2) is 4.98 Å². The van der Waals surface area contributed by atoms with Gasteiger partial charge in [0.25, 0.3) is 0 Å². The van der Waals surface area contributed by atoms with Crippen molar-refractivity contribution in [3.8, 4) is 0 Å². The van der Waals surface area contributed by atoms with Crippen molar-refractivity contribution >= 4 is 55.7 Å². The zero-order valence-electron chi connectivity index (χ0n) is 10.8. The van der Waals surface area contributed by atoms with Crippen LogP contribution in [0.3, 0.4) is 0 Å². The summed E-state index contributed by atoms with van der Waals surface area (Å²) in [6.45, 7) is 0. The molecule has 20 heavy (non-hydrogen) atoms. The number of pyridine rings is 1. The second-order valence-corrected chi connectivity index (χ2v) is 6.61. The number of anilines is 1. The first kappa shape index (κ1) is 14.4. The van der Waals surface area contributed by atoms with Crippen molar-refractivity contribution < 1.29 is 0 Å². The number of aryl methyl sites for hydroxylation is 1. The Morgan fingerprint density at radius 2 is 1.90 bits per heavy atom. The predicted octanol–water partition coefficient (Wildman–Crippen LogP) is 4.86. The normalized spacial score (nSPS) is 15.0. The number of rotatable bonds is 1. The van der Waals surface area contributed by atoms with Gasteiger partial charge in [-0.3, -0.25) is 10.8 Å². The summed E-state index contributed by atoms with van der Waals surface area (Å²) in [5.74, 6) is 5.76. The molecule has 1 aliphatic rings. The monoisotopic (exact) mass is 373 g/mol. The Morgan fingerprint density at radius 1 is 1.15 bits per heavy atom. The first-order chi connectivity index (χ1) is 9.63. The van der Waals surface area contributed by atoms with E-state index in [0.29, 0.717) is 15.6 Å². The number of hydrogen-bond acceptors (Lipinski definition) is 3. The molecule has 1 heterocycles. The van der Waals surface area contributed by atoms with Gasteiger partial charge in [-0.15, -0.1) is 0 Å². The molecule has 1 aromatic heterocycles. The van der Waals surface area contributed by atoms with Crippen LogP contribution in [0.2, 0.25) is 10.0 Å². The summed E-state index contributed by atoms with van der Waals surface area (Å²) >= 11 is 16.0. The number of hydrogen-bond donors (Lipinski definition) is 2. The van der Waals surface area contributed by atoms with Crippen LogP contribution < -0.4 is 11.3 Å². The molecule has 106 valence electrons. The first-order valence-electron chi connectivity index (χ1n) is 6.59. The molecule has 6 heteroatoms. The molecule has 2 aromatic rings. The van der Waals surface area contributed by atoms with Crippen LogP contribution in [0.15, 0.2) is 10.5 Å². The highest BCUT2D eigenvalue weighted by Gasteiger charge is 2.20. The molecular weight excluding hydrogens is 361 g/mol. The van der Waals surface area contributed by atoms with Gasteiger partial charge < -0.3 is 5.43 Å². The zero-order valence-corrected chi connectivity index (χ0v) is 13.9. The minimum absolute atomic E-state index is 0.472. The van der Waals surface area contributed by atoms with Gasteiger partial charge >= 0.3 is 0 Å². The Morgan fingerprint density at radius 3 is 2.65 bits per heavy atom. The average molecular weight is 375 g/mol. The van der Waals surface area contributed by atoms with Crippen molar-refractivity contribution in [3.05, 3.63) is 31.8 Å². The molecule has 0 aliphatic heterocycles. The smallest absolute Gasteiger partial charge is 0.0928 e. The summed E-state index contributed by atoms with van der Waals surface area (Å²) in [5, 5.41) is 1.87. The summed E-state index contributed by atoms with van der Waals surface area (Å²) in [5.41, 5.74) is 6.77. The van der Waals surface area contributed by atoms with Crippen molar-refractivity contribution in [2.75, 3.05) is 5.43 Å². The quantitative estimate of drug-likeness (QED) is 0.324. The molecule has 0 unspecified atom stereocenters. The van der Waals surface area contributed by atoms with E-state index in [1.807, 2.05) is 6.07 Å². The Labute approximate surface area is 135 Å². The highest BCUT2D eigenvalue weighted by Crippen LogP contribution is 2.41. The molecule has 0 radical (unpaired) electrons. The lowest BCUT2D eigenvalue weighted by atomic mass is 10.0. The van der Waals surface area contributed by atoms with Crippen LogP contribution in [0, 0.1) is 0 Å². The van der Waals surface area contributed by atoms with Crippen LogP contribution >= 0.6 is 39.1 Å². The highest BCUT2D eigenvalue weighted by atomic mass is 79.9. The van der Waals surface area contributed by atoms with E-state index in [-0.39, 0.29) is 0 Å². The molecule has 3 N–H and O–H groups in total. The fourth-order valence-corrected chi connectivity index (χ4v) is 3.74. The summed E-state index contributed by atoms with van der Waals surface area (Å²) in [6, 6.07) is 1.93. The molecule has 3 nitrogen and oxygen atoms in total. The maximum absolute atomic E-state index is 6.35. The van der Waals surface area contributed by atoms with Crippen LogP contribution in [0.1, 0.15) is 30.5 Å². The summed E-state index contributed by atoms with van der Waals surface area (Å²) in [7, 11) is 0. The van der Waals surface area contributed by atoms with Crippen LogP contribution in [-0.2, 0) is 12.8 Å². The van der Waals surface area contributed by atoms with Crippen molar-refractivity contribution in [3.63, 3.8) is 0 Å². The number of aromatic nitrogens is 1. The fraction of sp³-hybridized carbons (Fsp3) is 0.357. The number of hydrazine groups is 1. The van der Waals surface area contributed by atoms with E-state index in [4.69, 9.17) is 34.0 Å². The van der Waals surface area contributed by atoms with Crippen LogP contribution in [0.5, 0.6) is 0 Å². The fourth-order valence-electron chi connectivity index (χ4n) is 2.81. The van der Waals surface area contributed by atoms with Crippen LogP contribution in [0.25, 0.3) is 10.9 Å². The van der Waals surface area contributed by atoms with Crippen molar-refractivity contribution in [1.82, 2.24) is 4.98 Å². The third-order valence-electron chi connectivity index (χ3n) is 3.79. The Kier molecular flexibility index (Phi) is 4.09. The van der Waals surface area contributed by atoms with Gasteiger partial charge in [0, 0.05) is 15.6 Å². The summed E-state index contributed by atoms with van der Waals surface area (Å²) in [4.78, 5) is 4.75. The molecule has 1 aliphatic carbocycles. The summed E-state index contributed by atoms with van der Waals surface area (Å²) in [6.07, 6.45) is 5.49. The lowest BCUT2D eigenvalue weighted by Crippen LogP contribution is -2.12. The molecule has 0 saturated carbocycles. The standard InChI is InChI=1S/C14H14BrCl2N3/c15-9-6-8-13(20-18)7-4-2-1-3-5-10(7)19-14(8)12(17)11(9)16/h6H,1-5,18H2,(H,19,20). The Hall–Kier alpha value is -0.550. The number of nitrogen functional groups attached to an aromatic ring is 1. The largest absolute Gasteiger partial charge is 0.323 e. The van der Waals surface area contributed by atoms with Crippen molar-refractivity contribution in [1.29, 1.82) is 0 Å². The lowest BCUT2D eigenvalue weighted by Gasteiger charge is -2.16. The SMILES string of the molecule is NNc1c2c(nc3c(Cl)c(Cl)c(Br)cc13)CCCCC2. The van der Waals surface area contributed by atoms with Crippen LogP contribution in [0.4, 0.5) is 5.69 Å². The average Bonchev–Trinajstić information content (AvgIpc) is 2.68. The molecular formula is C14H14BrCl2N3.